The zero-order valence-electron chi connectivity index (χ0n) is 16.0. The van der Waals surface area contributed by atoms with Crippen molar-refractivity contribution in [3.05, 3.63) is 59.1 Å². The zero-order valence-corrected chi connectivity index (χ0v) is 17.6. The molecule has 1 N–H and O–H groups in total. The van der Waals surface area contributed by atoms with Gasteiger partial charge in [0, 0.05) is 18.6 Å². The Kier molecular flexibility index (Phi) is 6.54. The van der Waals surface area contributed by atoms with Crippen LogP contribution in [-0.4, -0.2) is 27.9 Å². The van der Waals surface area contributed by atoms with Gasteiger partial charge in [-0.25, -0.2) is 8.42 Å². The van der Waals surface area contributed by atoms with Gasteiger partial charge in [0.1, 0.15) is 0 Å². The van der Waals surface area contributed by atoms with Crippen molar-refractivity contribution in [2.24, 2.45) is 5.41 Å². The average Bonchev–Trinajstić information content (AvgIpc) is 2.60. The lowest BCUT2D eigenvalue weighted by Gasteiger charge is -2.20. The van der Waals surface area contributed by atoms with Gasteiger partial charge in [-0.3, -0.25) is 9.10 Å². The molecule has 0 aromatic heterocycles. The normalized spacial score (nSPS) is 11.9. The molecule has 0 atom stereocenters. The smallest absolute Gasteiger partial charge is 0.264 e. The molecule has 0 saturated carbocycles. The summed E-state index contributed by atoms with van der Waals surface area (Å²) in [5, 5.41) is 3.38. The van der Waals surface area contributed by atoms with Crippen molar-refractivity contribution in [2.45, 2.75) is 32.1 Å². The Bertz CT molecular complexity index is 886. The molecule has 27 heavy (non-hydrogen) atoms. The monoisotopic (exact) mass is 408 g/mol. The van der Waals surface area contributed by atoms with Crippen LogP contribution in [0.25, 0.3) is 0 Å². The minimum absolute atomic E-state index is 0.0260. The predicted molar refractivity (Wildman–Crippen MR) is 110 cm³/mol. The van der Waals surface area contributed by atoms with Crippen LogP contribution in [0.1, 0.15) is 26.3 Å². The molecule has 2 aromatic carbocycles. The number of benzene rings is 2. The Morgan fingerprint density at radius 2 is 1.59 bits per heavy atom. The topological polar surface area (TPSA) is 66.5 Å². The van der Waals surface area contributed by atoms with E-state index in [1.165, 1.54) is 23.5 Å². The molecule has 0 bridgehead atoms. The quantitative estimate of drug-likeness (QED) is 0.788. The molecule has 0 aliphatic heterocycles. The second-order valence-electron chi connectivity index (χ2n) is 7.61. The largest absolute Gasteiger partial charge is 0.355 e. The maximum absolute atomic E-state index is 12.7. The van der Waals surface area contributed by atoms with Crippen molar-refractivity contribution in [1.82, 2.24) is 5.32 Å². The Hall–Kier alpha value is -2.05. The minimum atomic E-state index is -3.67. The van der Waals surface area contributed by atoms with Crippen LogP contribution in [0.4, 0.5) is 5.69 Å². The second kappa shape index (κ2) is 8.31. The van der Waals surface area contributed by atoms with E-state index in [0.29, 0.717) is 17.3 Å². The summed E-state index contributed by atoms with van der Waals surface area (Å²) in [5.74, 6) is -0.0557. The van der Waals surface area contributed by atoms with E-state index in [4.69, 9.17) is 11.6 Å². The van der Waals surface area contributed by atoms with Gasteiger partial charge in [0.25, 0.3) is 10.0 Å². The SMILES string of the molecule is CN(c1ccc(CC(=O)NCC(C)(C)C)cc1)S(=O)(=O)c1ccc(Cl)cc1. The van der Waals surface area contributed by atoms with Crippen molar-refractivity contribution >= 4 is 33.2 Å². The van der Waals surface area contributed by atoms with Crippen LogP contribution in [0.5, 0.6) is 0 Å². The van der Waals surface area contributed by atoms with Gasteiger partial charge in [0.15, 0.2) is 0 Å². The summed E-state index contributed by atoms with van der Waals surface area (Å²) in [6.45, 7) is 6.77. The van der Waals surface area contributed by atoms with Gasteiger partial charge in [-0.15, -0.1) is 0 Å². The molecule has 0 radical (unpaired) electrons. The van der Waals surface area contributed by atoms with Crippen LogP contribution >= 0.6 is 11.6 Å². The van der Waals surface area contributed by atoms with Crippen LogP contribution in [0, 0.1) is 5.41 Å². The molecular weight excluding hydrogens is 384 g/mol. The highest BCUT2D eigenvalue weighted by molar-refractivity contribution is 7.92. The van der Waals surface area contributed by atoms with E-state index in [9.17, 15) is 13.2 Å². The van der Waals surface area contributed by atoms with E-state index >= 15 is 0 Å². The standard InChI is InChI=1S/C20H25ClN2O3S/c1-20(2,3)14-22-19(24)13-15-5-9-17(10-6-15)23(4)27(25,26)18-11-7-16(21)8-12-18/h5-12H,13-14H2,1-4H3,(H,22,24). The Balaban J connectivity index is 2.07. The number of halogens is 1. The van der Waals surface area contributed by atoms with Crippen LogP contribution in [0.2, 0.25) is 5.02 Å². The molecule has 0 unspecified atom stereocenters. The van der Waals surface area contributed by atoms with Crippen LogP contribution in [-0.2, 0) is 21.2 Å². The van der Waals surface area contributed by atoms with Gasteiger partial charge in [-0.1, -0.05) is 44.5 Å². The number of hydrogen-bond donors (Lipinski definition) is 1. The Morgan fingerprint density at radius 1 is 1.04 bits per heavy atom. The highest BCUT2D eigenvalue weighted by Gasteiger charge is 2.21. The lowest BCUT2D eigenvalue weighted by atomic mass is 9.97. The van der Waals surface area contributed by atoms with E-state index in [1.54, 1.807) is 36.4 Å². The molecule has 0 fully saturated rings. The molecular formula is C20H25ClN2O3S. The van der Waals surface area contributed by atoms with Crippen molar-refractivity contribution in [3.63, 3.8) is 0 Å². The molecule has 7 heteroatoms. The van der Waals surface area contributed by atoms with Gasteiger partial charge in [-0.05, 0) is 47.4 Å². The summed E-state index contributed by atoms with van der Waals surface area (Å²) in [7, 11) is -2.18. The first-order valence-electron chi connectivity index (χ1n) is 8.59. The lowest BCUT2D eigenvalue weighted by Crippen LogP contribution is -2.33. The summed E-state index contributed by atoms with van der Waals surface area (Å²) < 4.78 is 26.6. The zero-order chi connectivity index (χ0) is 20.2. The summed E-state index contributed by atoms with van der Waals surface area (Å²) in [5.41, 5.74) is 1.37. The molecule has 2 aromatic rings. The maximum atomic E-state index is 12.7. The molecule has 0 aliphatic carbocycles. The van der Waals surface area contributed by atoms with Crippen LogP contribution in [0.3, 0.4) is 0 Å². The number of hydrogen-bond acceptors (Lipinski definition) is 3. The Morgan fingerprint density at radius 3 is 2.11 bits per heavy atom. The number of amides is 1. The van der Waals surface area contributed by atoms with Gasteiger partial charge in [0.2, 0.25) is 5.91 Å². The fraction of sp³-hybridized carbons (Fsp3) is 0.350. The maximum Gasteiger partial charge on any atom is 0.264 e. The molecule has 0 spiro atoms. The summed E-state index contributed by atoms with van der Waals surface area (Å²) >= 11 is 5.82. The fourth-order valence-corrected chi connectivity index (χ4v) is 3.66. The van der Waals surface area contributed by atoms with Crippen LogP contribution in [0.15, 0.2) is 53.4 Å². The van der Waals surface area contributed by atoms with Crippen molar-refractivity contribution < 1.29 is 13.2 Å². The van der Waals surface area contributed by atoms with Crippen molar-refractivity contribution in [2.75, 3.05) is 17.9 Å². The van der Waals surface area contributed by atoms with Crippen molar-refractivity contribution in [1.29, 1.82) is 0 Å². The van der Waals surface area contributed by atoms with Crippen LogP contribution < -0.4 is 9.62 Å². The van der Waals surface area contributed by atoms with E-state index < -0.39 is 10.0 Å². The second-order valence-corrected chi connectivity index (χ2v) is 10.0. The van der Waals surface area contributed by atoms with E-state index in [-0.39, 0.29) is 22.6 Å². The van der Waals surface area contributed by atoms with Gasteiger partial charge in [-0.2, -0.15) is 0 Å². The van der Waals surface area contributed by atoms with E-state index in [0.717, 1.165) is 5.56 Å². The highest BCUT2D eigenvalue weighted by Crippen LogP contribution is 2.23. The van der Waals surface area contributed by atoms with Gasteiger partial charge in [0.05, 0.1) is 17.0 Å². The third-order valence-electron chi connectivity index (χ3n) is 3.95. The molecule has 5 nitrogen and oxygen atoms in total. The summed E-state index contributed by atoms with van der Waals surface area (Å²) in [6, 6.07) is 13.0. The molecule has 2 rings (SSSR count). The molecule has 146 valence electrons. The van der Waals surface area contributed by atoms with Gasteiger partial charge >= 0.3 is 0 Å². The third kappa shape index (κ3) is 5.97. The molecule has 0 heterocycles. The fourth-order valence-electron chi connectivity index (χ4n) is 2.34. The average molecular weight is 409 g/mol. The number of rotatable bonds is 6. The molecule has 0 saturated heterocycles. The number of sulfonamides is 1. The van der Waals surface area contributed by atoms with Gasteiger partial charge < -0.3 is 5.32 Å². The number of carbonyl (C=O) groups excluding carboxylic acids is 1. The number of nitrogens with one attached hydrogen (secondary N) is 1. The predicted octanol–water partition coefficient (Wildman–Crippen LogP) is 3.87. The first-order valence-corrected chi connectivity index (χ1v) is 10.4. The third-order valence-corrected chi connectivity index (χ3v) is 6.00. The molecule has 1 amide bonds. The first-order chi connectivity index (χ1) is 12.5. The van der Waals surface area contributed by atoms with E-state index in [2.05, 4.69) is 26.1 Å². The summed E-state index contributed by atoms with van der Waals surface area (Å²) in [4.78, 5) is 12.2. The highest BCUT2D eigenvalue weighted by atomic mass is 35.5. The first kappa shape index (κ1) is 21.3. The summed E-state index contributed by atoms with van der Waals surface area (Å²) in [6.07, 6.45) is 0.254. The Labute approximate surface area is 166 Å². The van der Waals surface area contributed by atoms with E-state index in [1.807, 2.05) is 0 Å². The number of nitrogens with zero attached hydrogens (tertiary/aromatic N) is 1. The lowest BCUT2D eigenvalue weighted by molar-refractivity contribution is -0.120. The number of anilines is 1. The minimum Gasteiger partial charge on any atom is -0.355 e. The van der Waals surface area contributed by atoms with Crippen molar-refractivity contribution in [3.8, 4) is 0 Å². The molecule has 0 aliphatic rings. The number of carbonyl (C=O) groups is 1.